The number of likely N-dealkylation sites (tertiary alicyclic amines) is 1. The number of methoxy groups -OCH3 is 1. The SMILES string of the molecule is C=CCN(C(=O)C1N([C@H](CO)c2ccccc2)C(=O)[C@@H]2[C@@H](C(=O)O)[C@H]3CCC12O3)c1ccc(OC)cc1. The van der Waals surface area contributed by atoms with E-state index < -0.39 is 60.0 Å². The molecule has 2 bridgehead atoms. The smallest absolute Gasteiger partial charge is 0.310 e. The molecule has 5 rings (SSSR count). The van der Waals surface area contributed by atoms with Crippen LogP contribution in [0.5, 0.6) is 5.75 Å². The number of carbonyl (C=O) groups excluding carboxylic acids is 2. The summed E-state index contributed by atoms with van der Waals surface area (Å²) in [5.41, 5.74) is -0.0788. The third kappa shape index (κ3) is 3.81. The first-order valence-electron chi connectivity index (χ1n) is 12.3. The minimum Gasteiger partial charge on any atom is -0.497 e. The second-order valence-corrected chi connectivity index (χ2v) is 9.68. The zero-order chi connectivity index (χ0) is 26.3. The van der Waals surface area contributed by atoms with Crippen LogP contribution in [0.15, 0.2) is 67.3 Å². The van der Waals surface area contributed by atoms with Crippen molar-refractivity contribution in [1.29, 1.82) is 0 Å². The van der Waals surface area contributed by atoms with E-state index in [-0.39, 0.29) is 6.54 Å². The molecule has 2 unspecified atom stereocenters. The first kappa shape index (κ1) is 25.0. The van der Waals surface area contributed by atoms with Crippen molar-refractivity contribution in [3.05, 3.63) is 72.8 Å². The Balaban J connectivity index is 1.63. The monoisotopic (exact) mass is 506 g/mol. The van der Waals surface area contributed by atoms with Crippen LogP contribution in [-0.4, -0.2) is 70.9 Å². The predicted molar refractivity (Wildman–Crippen MR) is 134 cm³/mol. The summed E-state index contributed by atoms with van der Waals surface area (Å²) in [6.07, 6.45) is 1.77. The molecule has 1 spiro atoms. The highest BCUT2D eigenvalue weighted by molar-refractivity contribution is 6.04. The summed E-state index contributed by atoms with van der Waals surface area (Å²) in [5.74, 6) is -3.46. The van der Waals surface area contributed by atoms with Crippen LogP contribution in [0.1, 0.15) is 24.4 Å². The van der Waals surface area contributed by atoms with Gasteiger partial charge >= 0.3 is 5.97 Å². The molecule has 3 aliphatic heterocycles. The molecule has 6 atom stereocenters. The van der Waals surface area contributed by atoms with Gasteiger partial charge in [-0.3, -0.25) is 14.4 Å². The molecule has 194 valence electrons. The second kappa shape index (κ2) is 9.64. The van der Waals surface area contributed by atoms with Gasteiger partial charge in [-0.25, -0.2) is 0 Å². The van der Waals surface area contributed by atoms with E-state index in [0.717, 1.165) is 0 Å². The van der Waals surface area contributed by atoms with Crippen LogP contribution < -0.4 is 9.64 Å². The molecule has 37 heavy (non-hydrogen) atoms. The first-order chi connectivity index (χ1) is 17.9. The second-order valence-electron chi connectivity index (χ2n) is 9.68. The van der Waals surface area contributed by atoms with Gasteiger partial charge in [0, 0.05) is 12.2 Å². The highest BCUT2D eigenvalue weighted by Gasteiger charge is 2.75. The molecule has 3 heterocycles. The number of benzene rings is 2. The Kier molecular flexibility index (Phi) is 6.51. The Bertz CT molecular complexity index is 1200. The summed E-state index contributed by atoms with van der Waals surface area (Å²) < 4.78 is 11.6. The first-order valence-corrected chi connectivity index (χ1v) is 12.3. The Hall–Kier alpha value is -3.69. The van der Waals surface area contributed by atoms with Crippen molar-refractivity contribution < 1.29 is 34.1 Å². The molecule has 3 saturated heterocycles. The topological polar surface area (TPSA) is 117 Å². The average Bonchev–Trinajstić information content (AvgIpc) is 3.56. The van der Waals surface area contributed by atoms with E-state index in [1.807, 2.05) is 6.07 Å². The van der Waals surface area contributed by atoms with Crippen molar-refractivity contribution in [3.8, 4) is 5.75 Å². The van der Waals surface area contributed by atoms with Crippen molar-refractivity contribution in [3.63, 3.8) is 0 Å². The molecule has 0 radical (unpaired) electrons. The van der Waals surface area contributed by atoms with E-state index in [4.69, 9.17) is 9.47 Å². The fourth-order valence-corrected chi connectivity index (χ4v) is 6.38. The van der Waals surface area contributed by atoms with E-state index in [1.54, 1.807) is 61.7 Å². The lowest BCUT2D eigenvalue weighted by Gasteiger charge is -2.39. The zero-order valence-corrected chi connectivity index (χ0v) is 20.5. The number of anilines is 1. The van der Waals surface area contributed by atoms with E-state index in [1.165, 1.54) is 9.80 Å². The zero-order valence-electron chi connectivity index (χ0n) is 20.5. The van der Waals surface area contributed by atoms with Crippen LogP contribution in [0, 0.1) is 11.8 Å². The van der Waals surface area contributed by atoms with Crippen LogP contribution in [0.2, 0.25) is 0 Å². The maximum Gasteiger partial charge on any atom is 0.310 e. The molecular formula is C28H30N2O7. The van der Waals surface area contributed by atoms with E-state index in [0.29, 0.717) is 29.8 Å². The van der Waals surface area contributed by atoms with Gasteiger partial charge in [0.2, 0.25) is 5.91 Å². The van der Waals surface area contributed by atoms with Gasteiger partial charge in [0.25, 0.3) is 5.91 Å². The molecule has 2 amide bonds. The molecule has 9 heteroatoms. The van der Waals surface area contributed by atoms with Gasteiger partial charge in [-0.1, -0.05) is 36.4 Å². The van der Waals surface area contributed by atoms with Crippen molar-refractivity contribution in [1.82, 2.24) is 4.90 Å². The summed E-state index contributed by atoms with van der Waals surface area (Å²) in [7, 11) is 1.55. The van der Waals surface area contributed by atoms with Crippen LogP contribution in [0.3, 0.4) is 0 Å². The van der Waals surface area contributed by atoms with E-state index in [2.05, 4.69) is 6.58 Å². The van der Waals surface area contributed by atoms with E-state index >= 15 is 0 Å². The molecule has 0 aliphatic carbocycles. The number of carboxylic acid groups (broad SMARTS) is 1. The van der Waals surface area contributed by atoms with Crippen LogP contribution in [-0.2, 0) is 19.1 Å². The minimum atomic E-state index is -1.30. The number of aliphatic hydroxyl groups excluding tert-OH is 1. The summed E-state index contributed by atoms with van der Waals surface area (Å²) >= 11 is 0. The highest BCUT2D eigenvalue weighted by Crippen LogP contribution is 2.60. The normalized spacial score (nSPS) is 28.6. The lowest BCUT2D eigenvalue weighted by Crippen LogP contribution is -2.57. The van der Waals surface area contributed by atoms with Crippen LogP contribution in [0.25, 0.3) is 0 Å². The molecule has 0 saturated carbocycles. The molecule has 0 aromatic heterocycles. The Morgan fingerprint density at radius 1 is 1.24 bits per heavy atom. The van der Waals surface area contributed by atoms with Gasteiger partial charge in [0.15, 0.2) is 0 Å². The summed E-state index contributed by atoms with van der Waals surface area (Å²) in [6, 6.07) is 13.9. The number of aliphatic hydroxyl groups is 1. The molecular weight excluding hydrogens is 476 g/mol. The number of amides is 2. The Morgan fingerprint density at radius 3 is 2.54 bits per heavy atom. The fourth-order valence-electron chi connectivity index (χ4n) is 6.38. The Labute approximate surface area is 214 Å². The third-order valence-electron chi connectivity index (χ3n) is 7.91. The molecule has 3 aliphatic rings. The molecule has 2 aromatic rings. The number of hydrogen-bond acceptors (Lipinski definition) is 6. The summed E-state index contributed by atoms with van der Waals surface area (Å²) in [6.45, 7) is 3.52. The number of carbonyl (C=O) groups is 3. The average molecular weight is 507 g/mol. The minimum absolute atomic E-state index is 0.158. The third-order valence-corrected chi connectivity index (χ3v) is 7.91. The molecule has 2 N–H and O–H groups in total. The number of ether oxygens (including phenoxy) is 2. The number of fused-ring (bicyclic) bond motifs is 1. The number of nitrogens with zero attached hydrogens (tertiary/aromatic N) is 2. The van der Waals surface area contributed by atoms with Crippen LogP contribution in [0.4, 0.5) is 5.69 Å². The summed E-state index contributed by atoms with van der Waals surface area (Å²) in [5, 5.41) is 20.5. The number of hydrogen-bond donors (Lipinski definition) is 2. The van der Waals surface area contributed by atoms with Gasteiger partial charge in [-0.2, -0.15) is 0 Å². The largest absolute Gasteiger partial charge is 0.497 e. The van der Waals surface area contributed by atoms with Crippen LogP contribution >= 0.6 is 0 Å². The van der Waals surface area contributed by atoms with Gasteiger partial charge in [0.1, 0.15) is 17.4 Å². The van der Waals surface area contributed by atoms with Gasteiger partial charge < -0.3 is 29.5 Å². The number of aliphatic carboxylic acids is 1. The lowest BCUT2D eigenvalue weighted by molar-refractivity contribution is -0.151. The van der Waals surface area contributed by atoms with Crippen molar-refractivity contribution in [2.75, 3.05) is 25.2 Å². The molecule has 2 aromatic carbocycles. The Morgan fingerprint density at radius 2 is 1.95 bits per heavy atom. The molecule has 3 fully saturated rings. The summed E-state index contributed by atoms with van der Waals surface area (Å²) in [4.78, 5) is 43.6. The van der Waals surface area contributed by atoms with Gasteiger partial charge in [0.05, 0.1) is 37.7 Å². The maximum atomic E-state index is 14.4. The molecule has 9 nitrogen and oxygen atoms in total. The lowest BCUT2D eigenvalue weighted by atomic mass is 9.70. The van der Waals surface area contributed by atoms with Crippen molar-refractivity contribution >= 4 is 23.5 Å². The van der Waals surface area contributed by atoms with E-state index in [9.17, 15) is 24.6 Å². The standard InChI is InChI=1S/C28H30N2O7/c1-3-15-29(18-9-11-19(36-2)12-10-18)26(33)24-28-14-13-21(37-28)22(27(34)35)23(28)25(32)30(24)20(16-31)17-7-5-4-6-8-17/h3-12,20-24,31H,1,13-16H2,2H3,(H,34,35)/t20-,21-,22+,23+,24?,28?/m1/s1. The highest BCUT2D eigenvalue weighted by atomic mass is 16.5. The van der Waals surface area contributed by atoms with Gasteiger partial charge in [-0.15, -0.1) is 6.58 Å². The fraction of sp³-hybridized carbons (Fsp3) is 0.393. The maximum absolute atomic E-state index is 14.4. The van der Waals surface area contributed by atoms with Crippen molar-refractivity contribution in [2.24, 2.45) is 11.8 Å². The number of rotatable bonds is 9. The number of carboxylic acids is 1. The predicted octanol–water partition coefficient (Wildman–Crippen LogP) is 2.41. The quantitative estimate of drug-likeness (QED) is 0.502. The van der Waals surface area contributed by atoms with Gasteiger partial charge in [-0.05, 0) is 42.7 Å². The van der Waals surface area contributed by atoms with Crippen molar-refractivity contribution in [2.45, 2.75) is 36.6 Å².